The van der Waals surface area contributed by atoms with Crippen molar-refractivity contribution in [2.75, 3.05) is 0 Å². The van der Waals surface area contributed by atoms with Crippen molar-refractivity contribution in [3.63, 3.8) is 0 Å². The summed E-state index contributed by atoms with van der Waals surface area (Å²) in [5, 5.41) is 5.71. The zero-order valence-corrected chi connectivity index (χ0v) is 36.0. The molecular weight excluding hydrogens is 793 g/mol. The van der Waals surface area contributed by atoms with E-state index >= 15 is 0 Å². The number of pyridine rings is 1. The van der Waals surface area contributed by atoms with Gasteiger partial charge in [0, 0.05) is 34.4 Å². The summed E-state index contributed by atoms with van der Waals surface area (Å²) in [6, 6.07) is 83.1. The summed E-state index contributed by atoms with van der Waals surface area (Å²) in [5.74, 6) is 0.680. The second-order valence-corrected chi connectivity index (χ2v) is 20.3. The molecular formula is C59H41N4Si+. The van der Waals surface area contributed by atoms with Crippen LogP contribution in [0.15, 0.2) is 248 Å². The molecule has 12 rings (SSSR count). The lowest BCUT2D eigenvalue weighted by molar-refractivity contribution is -0.697. The fourth-order valence-corrected chi connectivity index (χ4v) is 15.2. The molecule has 1 unspecified atom stereocenters. The summed E-state index contributed by atoms with van der Waals surface area (Å²) >= 11 is 0. The van der Waals surface area contributed by atoms with Gasteiger partial charge in [0.1, 0.15) is 5.71 Å². The van der Waals surface area contributed by atoms with Crippen molar-refractivity contribution in [1.82, 2.24) is 9.97 Å². The van der Waals surface area contributed by atoms with Gasteiger partial charge in [0.05, 0.1) is 22.6 Å². The molecule has 2 aliphatic rings. The molecule has 0 spiro atoms. The largest absolute Gasteiger partial charge is 0.245 e. The number of rotatable bonds is 8. The molecule has 4 nitrogen and oxygen atoms in total. The van der Waals surface area contributed by atoms with E-state index in [-0.39, 0.29) is 6.04 Å². The summed E-state index contributed by atoms with van der Waals surface area (Å²) in [6.45, 7) is 0. The molecule has 4 heterocycles. The zero-order chi connectivity index (χ0) is 42.5. The Morgan fingerprint density at radius 2 is 0.891 bits per heavy atom. The van der Waals surface area contributed by atoms with Crippen LogP contribution in [-0.2, 0) is 0 Å². The van der Waals surface area contributed by atoms with Crippen LogP contribution in [0, 0.1) is 0 Å². The van der Waals surface area contributed by atoms with Crippen LogP contribution in [0.5, 0.6) is 0 Å². The maximum Gasteiger partial charge on any atom is 0.228 e. The van der Waals surface area contributed by atoms with Crippen molar-refractivity contribution < 1.29 is 4.57 Å². The predicted octanol–water partition coefficient (Wildman–Crippen LogP) is 10.5. The summed E-state index contributed by atoms with van der Waals surface area (Å²) in [6.07, 6.45) is 4.23. The van der Waals surface area contributed by atoms with E-state index in [4.69, 9.17) is 15.0 Å². The smallest absolute Gasteiger partial charge is 0.228 e. The zero-order valence-electron chi connectivity index (χ0n) is 35.0. The molecule has 10 aromatic rings. The highest BCUT2D eigenvalue weighted by Crippen LogP contribution is 2.37. The number of aliphatic imine (C=N–C) groups is 1. The molecule has 300 valence electrons. The Morgan fingerprint density at radius 1 is 0.375 bits per heavy atom. The third kappa shape index (κ3) is 6.28. The first kappa shape index (κ1) is 37.6. The molecule has 0 amide bonds. The molecule has 8 aromatic carbocycles. The Kier molecular flexibility index (Phi) is 9.20. The van der Waals surface area contributed by atoms with Crippen molar-refractivity contribution in [3.05, 3.63) is 254 Å². The first-order chi connectivity index (χ1) is 31.7. The Labute approximate surface area is 374 Å². The van der Waals surface area contributed by atoms with Gasteiger partial charge in [0.15, 0.2) is 26.3 Å². The van der Waals surface area contributed by atoms with Gasteiger partial charge in [0.25, 0.3) is 0 Å². The van der Waals surface area contributed by atoms with E-state index in [1.165, 1.54) is 48.6 Å². The van der Waals surface area contributed by atoms with Gasteiger partial charge in [-0.15, -0.1) is 0 Å². The molecule has 0 N–H and O–H groups in total. The summed E-state index contributed by atoms with van der Waals surface area (Å²) in [5.41, 5.74) is 14.1. The van der Waals surface area contributed by atoms with Gasteiger partial charge in [-0.05, 0) is 67.3 Å². The molecule has 0 saturated heterocycles. The first-order valence-corrected chi connectivity index (χ1v) is 23.9. The van der Waals surface area contributed by atoms with Crippen LogP contribution in [0.25, 0.3) is 56.2 Å². The monoisotopic (exact) mass is 833 g/mol. The third-order valence-corrected chi connectivity index (χ3v) is 17.9. The Balaban J connectivity index is 0.906. The topological polar surface area (TPSA) is 42.0 Å². The van der Waals surface area contributed by atoms with Crippen LogP contribution in [0.2, 0.25) is 0 Å². The molecule has 0 radical (unpaired) electrons. The second kappa shape index (κ2) is 15.7. The number of fused-ring (bicyclic) bond motifs is 4. The lowest BCUT2D eigenvalue weighted by atomic mass is 9.97. The van der Waals surface area contributed by atoms with Crippen LogP contribution >= 0.6 is 0 Å². The maximum absolute atomic E-state index is 5.23. The molecule has 0 aliphatic carbocycles. The lowest BCUT2D eigenvalue weighted by Gasteiger charge is -2.31. The van der Waals surface area contributed by atoms with Gasteiger partial charge in [-0.1, -0.05) is 194 Å². The molecule has 2 aliphatic heterocycles. The average molecular weight is 834 g/mol. The fraction of sp³-hybridized carbons (Fsp3) is 0.0169. The van der Waals surface area contributed by atoms with Crippen LogP contribution in [0.4, 0.5) is 5.69 Å². The van der Waals surface area contributed by atoms with E-state index in [9.17, 15) is 0 Å². The summed E-state index contributed by atoms with van der Waals surface area (Å²) < 4.78 is 2.23. The summed E-state index contributed by atoms with van der Waals surface area (Å²) in [4.78, 5) is 15.5. The van der Waals surface area contributed by atoms with E-state index in [2.05, 4.69) is 235 Å². The number of hydrogen-bond donors (Lipinski definition) is 0. The minimum absolute atomic E-state index is 0.0120. The van der Waals surface area contributed by atoms with Crippen LogP contribution < -0.4 is 25.3 Å². The number of benzene rings is 8. The Hall–Kier alpha value is -8.12. The van der Waals surface area contributed by atoms with Crippen LogP contribution in [-0.4, -0.2) is 23.8 Å². The molecule has 0 saturated carbocycles. The van der Waals surface area contributed by atoms with E-state index in [1.54, 1.807) is 0 Å². The molecule has 0 fully saturated rings. The van der Waals surface area contributed by atoms with Gasteiger partial charge in [0.2, 0.25) is 6.04 Å². The average Bonchev–Trinajstić information content (AvgIpc) is 3.92. The quantitative estimate of drug-likeness (QED) is 0.113. The molecule has 2 aromatic heterocycles. The van der Waals surface area contributed by atoms with Crippen LogP contribution in [0.3, 0.4) is 0 Å². The predicted molar refractivity (Wildman–Crippen MR) is 264 cm³/mol. The van der Waals surface area contributed by atoms with E-state index in [1.807, 2.05) is 12.1 Å². The Morgan fingerprint density at radius 3 is 1.59 bits per heavy atom. The van der Waals surface area contributed by atoms with Crippen LogP contribution in [0.1, 0.15) is 17.2 Å². The molecule has 5 heteroatoms. The fourth-order valence-electron chi connectivity index (χ4n) is 10.0. The Bertz CT molecular complexity index is 3310. The number of nitrogens with zero attached hydrogens (tertiary/aromatic N) is 4. The molecule has 0 bridgehead atoms. The summed E-state index contributed by atoms with van der Waals surface area (Å²) in [7, 11) is -2.53. The van der Waals surface area contributed by atoms with Gasteiger partial charge in [-0.3, -0.25) is 0 Å². The SMILES string of the molecule is c1ccc(-c2cc(-c3ccc(-c4ccc5c(c4)-c4ccccc4[Si]5(c4ccccc4)c4ccccc4)cc3)nc(-c3ccc(C4=Nc5ccccc5C4[n+]4ccccc4)cc3)n2)cc1. The molecule has 1 atom stereocenters. The van der Waals surface area contributed by atoms with Gasteiger partial charge in [-0.25, -0.2) is 15.0 Å². The lowest BCUT2D eigenvalue weighted by Crippen LogP contribution is -2.72. The number of para-hydroxylation sites is 1. The van der Waals surface area contributed by atoms with Crippen molar-refractivity contribution in [3.8, 4) is 56.2 Å². The highest BCUT2D eigenvalue weighted by Gasteiger charge is 2.48. The van der Waals surface area contributed by atoms with E-state index in [0.717, 1.165) is 45.0 Å². The highest BCUT2D eigenvalue weighted by atomic mass is 28.3. The normalized spacial score (nSPS) is 14.3. The van der Waals surface area contributed by atoms with Crippen molar-refractivity contribution >= 4 is 40.2 Å². The minimum atomic E-state index is -2.53. The van der Waals surface area contributed by atoms with Crippen molar-refractivity contribution in [2.45, 2.75) is 6.04 Å². The van der Waals surface area contributed by atoms with Crippen molar-refractivity contribution in [1.29, 1.82) is 0 Å². The number of hydrogen-bond acceptors (Lipinski definition) is 3. The van der Waals surface area contributed by atoms with Gasteiger partial charge < -0.3 is 0 Å². The third-order valence-electron chi connectivity index (χ3n) is 13.0. The van der Waals surface area contributed by atoms with Crippen molar-refractivity contribution in [2.24, 2.45) is 4.99 Å². The van der Waals surface area contributed by atoms with Gasteiger partial charge in [-0.2, -0.15) is 4.57 Å². The number of aromatic nitrogens is 3. The standard InChI is InChI=1S/C59H41N4Si/c1-5-17-42(18-6-1)53-40-54(62-59(61-53)45-33-31-44(32-34-45)57-58(63-37-15-4-16-38-63)50-24-11-13-25-52(50)60-57)43-29-27-41(28-30-43)46-35-36-56-51(39-46)49-23-12-14-26-55(49)64(56,47-19-7-2-8-20-47)48-21-9-3-10-22-48/h1-40,58H/q+1. The minimum Gasteiger partial charge on any atom is -0.245 e. The maximum atomic E-state index is 5.23. The van der Waals surface area contributed by atoms with E-state index in [0.29, 0.717) is 5.82 Å². The van der Waals surface area contributed by atoms with Gasteiger partial charge >= 0.3 is 0 Å². The second-order valence-electron chi connectivity index (χ2n) is 16.6. The molecule has 64 heavy (non-hydrogen) atoms. The first-order valence-electron chi connectivity index (χ1n) is 21.9. The highest BCUT2D eigenvalue weighted by molar-refractivity contribution is 7.22. The van der Waals surface area contributed by atoms with E-state index < -0.39 is 8.07 Å².